The molecule has 2 heterocycles. The minimum absolute atomic E-state index is 0.628. The predicted octanol–water partition coefficient (Wildman–Crippen LogP) is 3.49. The third-order valence-electron chi connectivity index (χ3n) is 4.56. The molecule has 0 unspecified atom stereocenters. The lowest BCUT2D eigenvalue weighted by Crippen LogP contribution is -2.29. The molecule has 0 spiro atoms. The average Bonchev–Trinajstić information content (AvgIpc) is 2.62. The number of anilines is 4. The van der Waals surface area contributed by atoms with E-state index < -0.39 is 0 Å². The third-order valence-corrected chi connectivity index (χ3v) is 4.56. The van der Waals surface area contributed by atoms with Crippen LogP contribution in [0.5, 0.6) is 0 Å². The second kappa shape index (κ2) is 8.85. The van der Waals surface area contributed by atoms with E-state index in [4.69, 9.17) is 0 Å². The predicted molar refractivity (Wildman–Crippen MR) is 110 cm³/mol. The number of hydrogen-bond acceptors (Lipinski definition) is 6. The van der Waals surface area contributed by atoms with Crippen molar-refractivity contribution >= 4 is 23.1 Å². The van der Waals surface area contributed by atoms with E-state index in [1.807, 2.05) is 13.0 Å². The zero-order valence-electron chi connectivity index (χ0n) is 16.1. The van der Waals surface area contributed by atoms with Crippen molar-refractivity contribution in [2.24, 2.45) is 0 Å². The van der Waals surface area contributed by atoms with Crippen LogP contribution < -0.4 is 15.5 Å². The Labute approximate surface area is 156 Å². The van der Waals surface area contributed by atoms with E-state index in [9.17, 15) is 0 Å². The van der Waals surface area contributed by atoms with E-state index >= 15 is 0 Å². The lowest BCUT2D eigenvalue weighted by Gasteiger charge is -2.28. The molecule has 1 aromatic carbocycles. The monoisotopic (exact) mass is 354 g/mol. The second-order valence-electron chi connectivity index (χ2n) is 7.17. The molecule has 0 amide bonds. The Hall–Kier alpha value is -2.34. The molecule has 6 heteroatoms. The van der Waals surface area contributed by atoms with Gasteiger partial charge in [0.1, 0.15) is 5.82 Å². The molecule has 26 heavy (non-hydrogen) atoms. The molecule has 1 aliphatic rings. The molecule has 0 radical (unpaired) electrons. The highest BCUT2D eigenvalue weighted by Gasteiger charge is 2.10. The molecule has 0 aliphatic carbocycles. The molecule has 2 aromatic rings. The van der Waals surface area contributed by atoms with Gasteiger partial charge in [-0.25, -0.2) is 4.98 Å². The quantitative estimate of drug-likeness (QED) is 0.794. The van der Waals surface area contributed by atoms with Crippen LogP contribution in [-0.4, -0.2) is 55.1 Å². The molecule has 6 nitrogen and oxygen atoms in total. The van der Waals surface area contributed by atoms with Crippen LogP contribution in [0.15, 0.2) is 30.3 Å². The minimum Gasteiger partial charge on any atom is -0.372 e. The maximum absolute atomic E-state index is 4.58. The number of nitrogens with one attached hydrogen (secondary N) is 2. The fraction of sp³-hybridized carbons (Fsp3) is 0.500. The first-order chi connectivity index (χ1) is 12.6. The number of piperidine rings is 1. The van der Waals surface area contributed by atoms with Crippen molar-refractivity contribution in [2.75, 3.05) is 55.8 Å². The molecule has 140 valence electrons. The van der Waals surface area contributed by atoms with Crippen molar-refractivity contribution < 1.29 is 0 Å². The average molecular weight is 355 g/mol. The molecule has 1 aliphatic heterocycles. The molecule has 1 aromatic heterocycles. The van der Waals surface area contributed by atoms with Crippen LogP contribution in [0.1, 0.15) is 25.0 Å². The Balaban J connectivity index is 1.63. The molecule has 0 saturated carbocycles. The number of hydrogen-bond donors (Lipinski definition) is 2. The van der Waals surface area contributed by atoms with Crippen LogP contribution in [0.3, 0.4) is 0 Å². The molecular weight excluding hydrogens is 324 g/mol. The first-order valence-corrected chi connectivity index (χ1v) is 9.46. The summed E-state index contributed by atoms with van der Waals surface area (Å²) in [5.74, 6) is 1.48. The summed E-state index contributed by atoms with van der Waals surface area (Å²) in [5, 5.41) is 6.68. The molecule has 2 N–H and O–H groups in total. The van der Waals surface area contributed by atoms with E-state index in [1.54, 1.807) is 0 Å². The van der Waals surface area contributed by atoms with Crippen LogP contribution in [0.2, 0.25) is 0 Å². The zero-order chi connectivity index (χ0) is 18.4. The van der Waals surface area contributed by atoms with Crippen molar-refractivity contribution in [2.45, 2.75) is 26.2 Å². The Morgan fingerprint density at radius 1 is 1.04 bits per heavy atom. The first kappa shape index (κ1) is 18.5. The minimum atomic E-state index is 0.628. The van der Waals surface area contributed by atoms with Gasteiger partial charge in [0.2, 0.25) is 5.95 Å². The van der Waals surface area contributed by atoms with Crippen molar-refractivity contribution in [1.29, 1.82) is 0 Å². The van der Waals surface area contributed by atoms with Gasteiger partial charge in [-0.15, -0.1) is 0 Å². The summed E-state index contributed by atoms with van der Waals surface area (Å²) in [5.41, 5.74) is 3.25. The van der Waals surface area contributed by atoms with Gasteiger partial charge in [0, 0.05) is 49.3 Å². The second-order valence-corrected chi connectivity index (χ2v) is 7.17. The van der Waals surface area contributed by atoms with Crippen molar-refractivity contribution in [1.82, 2.24) is 14.9 Å². The summed E-state index contributed by atoms with van der Waals surface area (Å²) in [4.78, 5) is 13.7. The maximum atomic E-state index is 4.58. The first-order valence-electron chi connectivity index (χ1n) is 9.46. The summed E-state index contributed by atoms with van der Waals surface area (Å²) >= 11 is 0. The van der Waals surface area contributed by atoms with Gasteiger partial charge in [-0.3, -0.25) is 0 Å². The molecule has 0 bridgehead atoms. The number of benzene rings is 1. The summed E-state index contributed by atoms with van der Waals surface area (Å²) in [6.45, 7) is 6.13. The number of rotatable bonds is 7. The highest BCUT2D eigenvalue weighted by molar-refractivity contribution is 5.60. The van der Waals surface area contributed by atoms with Gasteiger partial charge in [-0.2, -0.15) is 4.98 Å². The van der Waals surface area contributed by atoms with Crippen molar-refractivity contribution in [3.63, 3.8) is 0 Å². The Morgan fingerprint density at radius 2 is 1.77 bits per heavy atom. The molecular formula is C20H30N6. The van der Waals surface area contributed by atoms with E-state index in [-0.39, 0.29) is 0 Å². The van der Waals surface area contributed by atoms with Gasteiger partial charge in [0.05, 0.1) is 0 Å². The van der Waals surface area contributed by atoms with Crippen LogP contribution >= 0.6 is 0 Å². The SMILES string of the molecule is Cc1cc(NCCN(C)C)nc(Nc2ccc(N3CCCCC3)cc2)n1. The normalized spacial score (nSPS) is 14.5. The molecule has 3 rings (SSSR count). The third kappa shape index (κ3) is 5.33. The van der Waals surface area contributed by atoms with Gasteiger partial charge < -0.3 is 20.4 Å². The number of aromatic nitrogens is 2. The summed E-state index contributed by atoms with van der Waals surface area (Å²) in [6.07, 6.45) is 3.94. The van der Waals surface area contributed by atoms with E-state index in [2.05, 4.69) is 68.8 Å². The van der Waals surface area contributed by atoms with Crippen molar-refractivity contribution in [3.8, 4) is 0 Å². The summed E-state index contributed by atoms with van der Waals surface area (Å²) < 4.78 is 0. The Morgan fingerprint density at radius 3 is 2.46 bits per heavy atom. The van der Waals surface area contributed by atoms with E-state index in [0.29, 0.717) is 5.95 Å². The molecule has 1 fully saturated rings. The number of likely N-dealkylation sites (N-methyl/N-ethyl adjacent to an activating group) is 1. The topological polar surface area (TPSA) is 56.3 Å². The lowest BCUT2D eigenvalue weighted by atomic mass is 10.1. The smallest absolute Gasteiger partial charge is 0.229 e. The van der Waals surface area contributed by atoms with Crippen LogP contribution in [0.25, 0.3) is 0 Å². The molecule has 0 atom stereocenters. The standard InChI is InChI=1S/C20H30N6/c1-16-15-19(21-11-14-25(2)3)24-20(22-16)23-17-7-9-18(10-8-17)26-12-5-4-6-13-26/h7-10,15H,4-6,11-14H2,1-3H3,(H2,21,22,23,24). The lowest BCUT2D eigenvalue weighted by molar-refractivity contribution is 0.425. The Bertz CT molecular complexity index is 692. The largest absolute Gasteiger partial charge is 0.372 e. The fourth-order valence-corrected chi connectivity index (χ4v) is 3.16. The van der Waals surface area contributed by atoms with Gasteiger partial charge in [-0.1, -0.05) is 0 Å². The van der Waals surface area contributed by atoms with Crippen LogP contribution in [0.4, 0.5) is 23.1 Å². The van der Waals surface area contributed by atoms with Gasteiger partial charge >= 0.3 is 0 Å². The highest BCUT2D eigenvalue weighted by Crippen LogP contribution is 2.23. The molecule has 1 saturated heterocycles. The number of nitrogens with zero attached hydrogens (tertiary/aromatic N) is 4. The van der Waals surface area contributed by atoms with Gasteiger partial charge in [0.15, 0.2) is 0 Å². The summed E-state index contributed by atoms with van der Waals surface area (Å²) in [7, 11) is 4.13. The van der Waals surface area contributed by atoms with Crippen LogP contribution in [0, 0.1) is 6.92 Å². The van der Waals surface area contributed by atoms with Crippen molar-refractivity contribution in [3.05, 3.63) is 36.0 Å². The van der Waals surface area contributed by atoms with Crippen LogP contribution in [-0.2, 0) is 0 Å². The number of aryl methyl sites for hydroxylation is 1. The highest BCUT2D eigenvalue weighted by atomic mass is 15.2. The zero-order valence-corrected chi connectivity index (χ0v) is 16.1. The van der Waals surface area contributed by atoms with E-state index in [0.717, 1.165) is 43.4 Å². The van der Waals surface area contributed by atoms with E-state index in [1.165, 1.54) is 24.9 Å². The van der Waals surface area contributed by atoms with Gasteiger partial charge in [-0.05, 0) is 64.5 Å². The van der Waals surface area contributed by atoms with Gasteiger partial charge in [0.25, 0.3) is 0 Å². The maximum Gasteiger partial charge on any atom is 0.229 e. The Kier molecular flexibility index (Phi) is 6.28. The fourth-order valence-electron chi connectivity index (χ4n) is 3.16. The summed E-state index contributed by atoms with van der Waals surface area (Å²) in [6, 6.07) is 10.5.